The standard InChI is InChI=1S/C19H24Cl2N2O/c20-16-2-1-15(17(21)6-16)10-22-18(24)11-23-19-7-12-3-13(8-19)5-14(4-12)9-19/h1-2,6,12-14,23H,3-5,7-11H2,(H,22,24)/p+1. The van der Waals surface area contributed by atoms with Crippen molar-refractivity contribution in [2.75, 3.05) is 6.54 Å². The van der Waals surface area contributed by atoms with Gasteiger partial charge in [-0.1, -0.05) is 29.3 Å². The molecule has 4 fully saturated rings. The second kappa shape index (κ2) is 6.51. The van der Waals surface area contributed by atoms with Crippen LogP contribution in [0.4, 0.5) is 0 Å². The predicted octanol–water partition coefficient (Wildman–Crippen LogP) is 3.14. The molecule has 1 aromatic rings. The first kappa shape index (κ1) is 16.7. The van der Waals surface area contributed by atoms with Gasteiger partial charge in [0, 0.05) is 35.9 Å². The molecule has 0 radical (unpaired) electrons. The number of quaternary nitrogens is 1. The van der Waals surface area contributed by atoms with Gasteiger partial charge in [-0.05, 0) is 54.7 Å². The van der Waals surface area contributed by atoms with E-state index in [1.807, 2.05) is 6.07 Å². The van der Waals surface area contributed by atoms with Crippen LogP contribution in [0.3, 0.4) is 0 Å². The van der Waals surface area contributed by atoms with Crippen molar-refractivity contribution in [1.29, 1.82) is 0 Å². The van der Waals surface area contributed by atoms with Crippen LogP contribution in [-0.4, -0.2) is 18.0 Å². The Bertz CT molecular complexity index is 611. The SMILES string of the molecule is O=C(C[NH2+]C12CC3CC(CC(C3)C1)C2)NCc1ccc(Cl)cc1Cl. The van der Waals surface area contributed by atoms with Crippen LogP contribution in [0.5, 0.6) is 0 Å². The highest BCUT2D eigenvalue weighted by atomic mass is 35.5. The first-order chi connectivity index (χ1) is 11.5. The van der Waals surface area contributed by atoms with Crippen molar-refractivity contribution in [2.24, 2.45) is 17.8 Å². The van der Waals surface area contributed by atoms with Crippen molar-refractivity contribution < 1.29 is 10.1 Å². The van der Waals surface area contributed by atoms with Gasteiger partial charge in [-0.3, -0.25) is 4.79 Å². The minimum Gasteiger partial charge on any atom is -0.347 e. The lowest BCUT2D eigenvalue weighted by molar-refractivity contribution is -0.730. The highest BCUT2D eigenvalue weighted by molar-refractivity contribution is 6.35. The van der Waals surface area contributed by atoms with Crippen LogP contribution in [0, 0.1) is 17.8 Å². The zero-order valence-electron chi connectivity index (χ0n) is 13.9. The molecular formula is C19H25Cl2N2O+. The molecule has 0 spiro atoms. The summed E-state index contributed by atoms with van der Waals surface area (Å²) in [6, 6.07) is 5.39. The van der Waals surface area contributed by atoms with Gasteiger partial charge in [-0.25, -0.2) is 0 Å². The van der Waals surface area contributed by atoms with Crippen molar-refractivity contribution in [3.8, 4) is 0 Å². The largest absolute Gasteiger partial charge is 0.347 e. The molecule has 4 bridgehead atoms. The van der Waals surface area contributed by atoms with E-state index in [1.54, 1.807) is 12.1 Å². The maximum atomic E-state index is 12.3. The molecule has 0 aliphatic heterocycles. The summed E-state index contributed by atoms with van der Waals surface area (Å²) in [5.74, 6) is 2.85. The van der Waals surface area contributed by atoms with E-state index < -0.39 is 0 Å². The number of amides is 1. The zero-order valence-corrected chi connectivity index (χ0v) is 15.4. The molecule has 5 rings (SSSR count). The molecule has 3 nitrogen and oxygen atoms in total. The minimum atomic E-state index is 0.0942. The second-order valence-corrected chi connectivity index (χ2v) is 9.04. The van der Waals surface area contributed by atoms with Crippen LogP contribution in [-0.2, 0) is 11.3 Å². The second-order valence-electron chi connectivity index (χ2n) is 8.20. The monoisotopic (exact) mass is 367 g/mol. The summed E-state index contributed by atoms with van der Waals surface area (Å²) in [4.78, 5) is 12.3. The Balaban J connectivity index is 1.29. The molecule has 24 heavy (non-hydrogen) atoms. The maximum absolute atomic E-state index is 12.3. The number of carbonyl (C=O) groups excluding carboxylic acids is 1. The van der Waals surface area contributed by atoms with E-state index in [9.17, 15) is 4.79 Å². The zero-order chi connectivity index (χ0) is 16.7. The van der Waals surface area contributed by atoms with Gasteiger partial charge in [0.05, 0.1) is 5.54 Å². The first-order valence-electron chi connectivity index (χ1n) is 9.06. The molecule has 0 unspecified atom stereocenters. The fourth-order valence-electron chi connectivity index (χ4n) is 5.67. The third-order valence-electron chi connectivity index (χ3n) is 6.30. The van der Waals surface area contributed by atoms with E-state index >= 15 is 0 Å². The summed E-state index contributed by atoms with van der Waals surface area (Å²) in [6.45, 7) is 0.987. The molecule has 0 atom stereocenters. The Labute approximate surface area is 153 Å². The molecule has 0 saturated heterocycles. The van der Waals surface area contributed by atoms with E-state index in [4.69, 9.17) is 23.2 Å². The Hall–Kier alpha value is -0.770. The highest BCUT2D eigenvalue weighted by Crippen LogP contribution is 2.54. The van der Waals surface area contributed by atoms with E-state index in [0.717, 1.165) is 23.3 Å². The quantitative estimate of drug-likeness (QED) is 0.824. The molecule has 4 aliphatic carbocycles. The third kappa shape index (κ3) is 3.44. The third-order valence-corrected chi connectivity index (χ3v) is 6.88. The van der Waals surface area contributed by atoms with Gasteiger partial charge in [0.2, 0.25) is 0 Å². The van der Waals surface area contributed by atoms with Gasteiger partial charge in [0.15, 0.2) is 6.54 Å². The molecule has 130 valence electrons. The molecule has 3 N–H and O–H groups in total. The van der Waals surface area contributed by atoms with Crippen LogP contribution < -0.4 is 10.6 Å². The van der Waals surface area contributed by atoms with Crippen molar-refractivity contribution >= 4 is 29.1 Å². The van der Waals surface area contributed by atoms with Gasteiger partial charge in [0.25, 0.3) is 5.91 Å². The van der Waals surface area contributed by atoms with E-state index in [1.165, 1.54) is 38.5 Å². The molecular weight excluding hydrogens is 343 g/mol. The topological polar surface area (TPSA) is 45.7 Å². The van der Waals surface area contributed by atoms with Gasteiger partial charge < -0.3 is 10.6 Å². The lowest BCUT2D eigenvalue weighted by Gasteiger charge is -2.54. The average Bonchev–Trinajstić information content (AvgIpc) is 2.51. The summed E-state index contributed by atoms with van der Waals surface area (Å²) in [5.41, 5.74) is 1.26. The predicted molar refractivity (Wildman–Crippen MR) is 96.0 cm³/mol. The number of hydrogen-bond acceptors (Lipinski definition) is 1. The van der Waals surface area contributed by atoms with Crippen molar-refractivity contribution in [3.05, 3.63) is 33.8 Å². The smallest absolute Gasteiger partial charge is 0.275 e. The van der Waals surface area contributed by atoms with Crippen LogP contribution in [0.2, 0.25) is 10.0 Å². The van der Waals surface area contributed by atoms with Crippen molar-refractivity contribution in [2.45, 2.75) is 50.6 Å². The molecule has 0 heterocycles. The van der Waals surface area contributed by atoms with E-state index in [0.29, 0.717) is 28.7 Å². The number of rotatable bonds is 5. The van der Waals surface area contributed by atoms with Crippen LogP contribution in [0.25, 0.3) is 0 Å². The number of hydrogen-bond donors (Lipinski definition) is 2. The van der Waals surface area contributed by atoms with Gasteiger partial charge in [-0.2, -0.15) is 0 Å². The average molecular weight is 368 g/mol. The number of benzene rings is 1. The van der Waals surface area contributed by atoms with Crippen molar-refractivity contribution in [3.63, 3.8) is 0 Å². The molecule has 1 aromatic carbocycles. The molecule has 5 heteroatoms. The Morgan fingerprint density at radius 3 is 2.33 bits per heavy atom. The van der Waals surface area contributed by atoms with E-state index in [-0.39, 0.29) is 5.91 Å². The number of nitrogens with two attached hydrogens (primary N) is 1. The summed E-state index contributed by atoms with van der Waals surface area (Å²) in [5, 5.41) is 6.56. The lowest BCUT2D eigenvalue weighted by Crippen LogP contribution is -3.00. The number of nitrogens with one attached hydrogen (secondary N) is 1. The number of carbonyl (C=O) groups is 1. The summed E-state index contributed by atoms with van der Waals surface area (Å²) in [7, 11) is 0. The van der Waals surface area contributed by atoms with Crippen LogP contribution >= 0.6 is 23.2 Å². The normalized spacial score (nSPS) is 33.7. The maximum Gasteiger partial charge on any atom is 0.275 e. The molecule has 0 aromatic heterocycles. The van der Waals surface area contributed by atoms with Crippen LogP contribution in [0.15, 0.2) is 18.2 Å². The lowest BCUT2D eigenvalue weighted by atomic mass is 9.53. The first-order valence-corrected chi connectivity index (χ1v) is 9.82. The minimum absolute atomic E-state index is 0.0942. The Morgan fingerprint density at radius 1 is 1.12 bits per heavy atom. The summed E-state index contributed by atoms with van der Waals surface area (Å²) in [6.07, 6.45) is 8.26. The molecule has 4 saturated carbocycles. The molecule has 1 amide bonds. The summed E-state index contributed by atoms with van der Waals surface area (Å²) < 4.78 is 0. The summed E-state index contributed by atoms with van der Waals surface area (Å²) >= 11 is 12.1. The van der Waals surface area contributed by atoms with Gasteiger partial charge in [-0.15, -0.1) is 0 Å². The fourth-order valence-corrected chi connectivity index (χ4v) is 6.14. The number of halogens is 2. The Kier molecular flexibility index (Phi) is 4.53. The molecule has 4 aliphatic rings. The Morgan fingerprint density at radius 2 is 1.75 bits per heavy atom. The van der Waals surface area contributed by atoms with Gasteiger partial charge >= 0.3 is 0 Å². The fraction of sp³-hybridized carbons (Fsp3) is 0.632. The van der Waals surface area contributed by atoms with Gasteiger partial charge in [0.1, 0.15) is 0 Å². The van der Waals surface area contributed by atoms with Crippen LogP contribution in [0.1, 0.15) is 44.1 Å². The highest BCUT2D eigenvalue weighted by Gasteiger charge is 2.53. The van der Waals surface area contributed by atoms with E-state index in [2.05, 4.69) is 10.6 Å². The van der Waals surface area contributed by atoms with Crippen molar-refractivity contribution in [1.82, 2.24) is 5.32 Å².